The van der Waals surface area contributed by atoms with Crippen LogP contribution >= 0.6 is 11.8 Å². The molecule has 2 aromatic heterocycles. The minimum Gasteiger partial charge on any atom is -0.461 e. The number of thioether (sulfide) groups is 1. The Morgan fingerprint density at radius 2 is 2.05 bits per heavy atom. The number of esters is 1. The van der Waals surface area contributed by atoms with E-state index in [4.69, 9.17) is 4.74 Å². The van der Waals surface area contributed by atoms with Gasteiger partial charge in [0.1, 0.15) is 6.61 Å². The molecule has 2 heterocycles. The molecule has 0 aliphatic carbocycles. The second-order valence-electron chi connectivity index (χ2n) is 4.69. The van der Waals surface area contributed by atoms with E-state index in [0.717, 1.165) is 17.0 Å². The van der Waals surface area contributed by atoms with E-state index in [-0.39, 0.29) is 11.7 Å². The lowest BCUT2D eigenvalue weighted by Crippen LogP contribution is -2.08. The second-order valence-corrected chi connectivity index (χ2v) is 5.64. The van der Waals surface area contributed by atoms with Crippen molar-refractivity contribution in [1.29, 1.82) is 0 Å². The van der Waals surface area contributed by atoms with Crippen LogP contribution in [-0.4, -0.2) is 33.3 Å². The number of ether oxygens (including phenoxy) is 1. The fourth-order valence-electron chi connectivity index (χ4n) is 1.53. The van der Waals surface area contributed by atoms with Gasteiger partial charge in [0, 0.05) is 12.4 Å². The first kappa shape index (κ1) is 16.2. The predicted molar refractivity (Wildman–Crippen MR) is 86.4 cm³/mol. The zero-order chi connectivity index (χ0) is 15.8. The molecule has 0 unspecified atom stereocenters. The lowest BCUT2D eigenvalue weighted by Gasteiger charge is -2.03. The molecule has 0 N–H and O–H groups in total. The number of nitrogens with zero attached hydrogens (tertiary/aromatic N) is 3. The highest BCUT2D eigenvalue weighted by molar-refractivity contribution is 7.99. The highest BCUT2D eigenvalue weighted by Crippen LogP contribution is 2.18. The van der Waals surface area contributed by atoms with Gasteiger partial charge in [-0.2, -0.15) is 0 Å². The summed E-state index contributed by atoms with van der Waals surface area (Å²) in [4.78, 5) is 24.4. The topological polar surface area (TPSA) is 65.0 Å². The van der Waals surface area contributed by atoms with Crippen LogP contribution in [0.5, 0.6) is 0 Å². The van der Waals surface area contributed by atoms with Crippen LogP contribution in [0.4, 0.5) is 0 Å². The van der Waals surface area contributed by atoms with Crippen molar-refractivity contribution in [2.45, 2.75) is 19.0 Å². The predicted octanol–water partition coefficient (Wildman–Crippen LogP) is 3.14. The Bertz CT molecular complexity index is 655. The molecular weight excluding hydrogens is 298 g/mol. The van der Waals surface area contributed by atoms with Gasteiger partial charge in [-0.3, -0.25) is 9.78 Å². The molecule has 2 aromatic rings. The number of allylic oxidation sites excluding steroid dienone is 1. The average molecular weight is 315 g/mol. The molecule has 0 aliphatic rings. The van der Waals surface area contributed by atoms with E-state index >= 15 is 0 Å². The first-order chi connectivity index (χ1) is 10.6. The summed E-state index contributed by atoms with van der Waals surface area (Å²) in [5.74, 6) is -0.100. The maximum absolute atomic E-state index is 11.6. The normalized spacial score (nSPS) is 10.1. The summed E-state index contributed by atoms with van der Waals surface area (Å²) in [7, 11) is 0. The van der Waals surface area contributed by atoms with Gasteiger partial charge in [0.25, 0.3) is 0 Å². The summed E-state index contributed by atoms with van der Waals surface area (Å²) in [6.45, 7) is 4.22. The maximum atomic E-state index is 11.6. The highest BCUT2D eigenvalue weighted by atomic mass is 32.2. The quantitative estimate of drug-likeness (QED) is 0.353. The Balaban J connectivity index is 1.91. The lowest BCUT2D eigenvalue weighted by molar-refractivity contribution is -0.139. The number of rotatable bonds is 6. The molecule has 0 amide bonds. The lowest BCUT2D eigenvalue weighted by atomic mass is 10.3. The third kappa shape index (κ3) is 5.29. The van der Waals surface area contributed by atoms with Gasteiger partial charge in [-0.15, -0.1) is 0 Å². The number of carbonyl (C=O) groups excluding carboxylic acids is 1. The number of hydrogen-bond donors (Lipinski definition) is 0. The van der Waals surface area contributed by atoms with E-state index < -0.39 is 0 Å². The Morgan fingerprint density at radius 1 is 1.18 bits per heavy atom. The highest BCUT2D eigenvalue weighted by Gasteiger charge is 2.07. The Labute approximate surface area is 133 Å². The van der Waals surface area contributed by atoms with Gasteiger partial charge in [0.05, 0.1) is 17.1 Å². The van der Waals surface area contributed by atoms with Gasteiger partial charge in [-0.25, -0.2) is 9.97 Å². The van der Waals surface area contributed by atoms with E-state index in [1.807, 2.05) is 38.1 Å². The van der Waals surface area contributed by atoms with Crippen LogP contribution in [0.1, 0.15) is 13.8 Å². The van der Waals surface area contributed by atoms with E-state index in [1.54, 1.807) is 18.5 Å². The minimum absolute atomic E-state index is 0.183. The van der Waals surface area contributed by atoms with Crippen LogP contribution < -0.4 is 0 Å². The number of pyridine rings is 1. The SMILES string of the molecule is CC(C)=CCOC(=O)CSc1nccc(-c2ccccn2)n1. The molecule has 0 spiro atoms. The third-order valence-electron chi connectivity index (χ3n) is 2.62. The molecule has 0 bridgehead atoms. The summed E-state index contributed by atoms with van der Waals surface area (Å²) in [6.07, 6.45) is 5.24. The first-order valence-electron chi connectivity index (χ1n) is 6.81. The molecule has 0 saturated heterocycles. The number of aromatic nitrogens is 3. The summed E-state index contributed by atoms with van der Waals surface area (Å²) in [5, 5.41) is 0.530. The van der Waals surface area contributed by atoms with Crippen molar-refractivity contribution in [3.63, 3.8) is 0 Å². The van der Waals surface area contributed by atoms with Crippen molar-refractivity contribution < 1.29 is 9.53 Å². The van der Waals surface area contributed by atoms with Crippen LogP contribution in [0, 0.1) is 0 Å². The summed E-state index contributed by atoms with van der Waals surface area (Å²) in [6, 6.07) is 7.42. The number of hydrogen-bond acceptors (Lipinski definition) is 6. The maximum Gasteiger partial charge on any atom is 0.316 e. The summed E-state index contributed by atoms with van der Waals surface area (Å²) < 4.78 is 5.09. The van der Waals surface area contributed by atoms with Gasteiger partial charge in [-0.05, 0) is 38.1 Å². The largest absolute Gasteiger partial charge is 0.461 e. The molecule has 0 saturated carbocycles. The second kappa shape index (κ2) is 8.29. The molecule has 0 aromatic carbocycles. The van der Waals surface area contributed by atoms with Crippen LogP contribution in [0.2, 0.25) is 0 Å². The van der Waals surface area contributed by atoms with Gasteiger partial charge in [0.2, 0.25) is 0 Å². The molecule has 22 heavy (non-hydrogen) atoms. The van der Waals surface area contributed by atoms with Gasteiger partial charge in [0.15, 0.2) is 5.16 Å². The average Bonchev–Trinajstić information content (AvgIpc) is 2.54. The van der Waals surface area contributed by atoms with Crippen molar-refractivity contribution in [3.8, 4) is 11.4 Å². The van der Waals surface area contributed by atoms with Gasteiger partial charge < -0.3 is 4.74 Å². The van der Waals surface area contributed by atoms with Crippen LogP contribution in [-0.2, 0) is 9.53 Å². The Morgan fingerprint density at radius 3 is 2.77 bits per heavy atom. The van der Waals surface area contributed by atoms with E-state index in [9.17, 15) is 4.79 Å². The standard InChI is InChI=1S/C16H17N3O2S/c1-12(2)7-10-21-15(20)11-22-16-18-9-6-14(19-16)13-5-3-4-8-17-13/h3-9H,10-11H2,1-2H3. The fourth-order valence-corrected chi connectivity index (χ4v) is 2.16. The van der Waals surface area contributed by atoms with Crippen LogP contribution in [0.3, 0.4) is 0 Å². The van der Waals surface area contributed by atoms with Crippen molar-refractivity contribution in [1.82, 2.24) is 15.0 Å². The zero-order valence-corrected chi connectivity index (χ0v) is 13.3. The smallest absolute Gasteiger partial charge is 0.316 e. The van der Waals surface area contributed by atoms with Crippen LogP contribution in [0.15, 0.2) is 53.5 Å². The van der Waals surface area contributed by atoms with Gasteiger partial charge in [-0.1, -0.05) is 23.4 Å². The molecule has 0 radical (unpaired) electrons. The fraction of sp³-hybridized carbons (Fsp3) is 0.250. The van der Waals surface area contributed by atoms with E-state index in [2.05, 4.69) is 15.0 Å². The first-order valence-corrected chi connectivity index (χ1v) is 7.80. The minimum atomic E-state index is -0.283. The molecule has 6 heteroatoms. The molecule has 0 fully saturated rings. The van der Waals surface area contributed by atoms with E-state index in [0.29, 0.717) is 11.8 Å². The molecule has 0 aliphatic heterocycles. The number of carbonyl (C=O) groups is 1. The molecule has 2 rings (SSSR count). The molecule has 114 valence electrons. The van der Waals surface area contributed by atoms with Crippen molar-refractivity contribution in [2.75, 3.05) is 12.4 Å². The molecule has 0 atom stereocenters. The zero-order valence-electron chi connectivity index (χ0n) is 12.5. The van der Waals surface area contributed by atoms with E-state index in [1.165, 1.54) is 11.8 Å². The van der Waals surface area contributed by atoms with Gasteiger partial charge >= 0.3 is 5.97 Å². The molecule has 5 nitrogen and oxygen atoms in total. The summed E-state index contributed by atoms with van der Waals surface area (Å²) in [5.41, 5.74) is 2.63. The van der Waals surface area contributed by atoms with Crippen molar-refractivity contribution >= 4 is 17.7 Å². The summed E-state index contributed by atoms with van der Waals surface area (Å²) >= 11 is 1.25. The molecular formula is C16H17N3O2S. The monoisotopic (exact) mass is 315 g/mol. The van der Waals surface area contributed by atoms with Crippen molar-refractivity contribution in [3.05, 3.63) is 48.3 Å². The van der Waals surface area contributed by atoms with Crippen LogP contribution in [0.25, 0.3) is 11.4 Å². The van der Waals surface area contributed by atoms with Crippen molar-refractivity contribution in [2.24, 2.45) is 0 Å². The Kier molecular flexibility index (Phi) is 6.09. The third-order valence-corrected chi connectivity index (χ3v) is 3.45. The Hall–Kier alpha value is -2.21.